The minimum atomic E-state index is -5.24. The van der Waals surface area contributed by atoms with Gasteiger partial charge in [-0.15, -0.1) is 13.2 Å². The van der Waals surface area contributed by atoms with Crippen molar-refractivity contribution in [1.29, 1.82) is 0 Å². The highest BCUT2D eigenvalue weighted by atomic mass is 19.4. The Hall–Kier alpha value is -4.56. The Balaban J connectivity index is 1.54. The molecule has 0 fully saturated rings. The summed E-state index contributed by atoms with van der Waals surface area (Å²) >= 11 is 0. The molecule has 0 saturated heterocycles. The van der Waals surface area contributed by atoms with E-state index in [9.17, 15) is 52.7 Å². The lowest BCUT2D eigenvalue weighted by Crippen LogP contribution is -2.25. The smallest absolute Gasteiger partial charge is 0.429 e. The summed E-state index contributed by atoms with van der Waals surface area (Å²) < 4.78 is 178. The third-order valence-corrected chi connectivity index (χ3v) is 5.62. The van der Waals surface area contributed by atoms with E-state index in [-0.39, 0.29) is 29.3 Å². The molecule has 0 bridgehead atoms. The van der Waals surface area contributed by atoms with Crippen LogP contribution in [0.3, 0.4) is 0 Å². The van der Waals surface area contributed by atoms with E-state index in [0.29, 0.717) is 36.4 Å². The first-order valence-electron chi connectivity index (χ1n) is 11.6. The van der Waals surface area contributed by atoms with Gasteiger partial charge < -0.3 is 14.2 Å². The zero-order valence-electron chi connectivity index (χ0n) is 21.1. The Morgan fingerprint density at radius 1 is 0.512 bits per heavy atom. The maximum Gasteiger partial charge on any atom is 0.573 e. The zero-order chi connectivity index (χ0) is 31.9. The molecule has 0 saturated carbocycles. The second-order valence-corrected chi connectivity index (χ2v) is 8.82. The fourth-order valence-corrected chi connectivity index (χ4v) is 3.85. The van der Waals surface area contributed by atoms with Gasteiger partial charge in [-0.1, -0.05) is 12.1 Å². The van der Waals surface area contributed by atoms with Crippen LogP contribution in [0.15, 0.2) is 66.7 Å². The molecule has 0 aliphatic heterocycles. The molecule has 0 N–H and O–H groups in total. The highest BCUT2D eigenvalue weighted by Crippen LogP contribution is 2.39. The molecule has 4 aromatic carbocycles. The van der Waals surface area contributed by atoms with Gasteiger partial charge in [0, 0.05) is 18.2 Å². The van der Waals surface area contributed by atoms with E-state index in [2.05, 4.69) is 14.2 Å². The lowest BCUT2D eigenvalue weighted by molar-refractivity contribution is -0.275. The Morgan fingerprint density at radius 3 is 1.53 bits per heavy atom. The van der Waals surface area contributed by atoms with Crippen LogP contribution in [-0.2, 0) is 12.2 Å². The molecule has 0 aromatic heterocycles. The average Bonchev–Trinajstić information content (AvgIpc) is 2.83. The van der Waals surface area contributed by atoms with Crippen molar-refractivity contribution >= 4 is 0 Å². The van der Waals surface area contributed by atoms with E-state index >= 15 is 0 Å². The third-order valence-electron chi connectivity index (χ3n) is 5.62. The molecule has 228 valence electrons. The lowest BCUT2D eigenvalue weighted by Gasteiger charge is -2.20. The molecule has 0 aliphatic carbocycles. The van der Waals surface area contributed by atoms with Crippen molar-refractivity contribution < 1.29 is 66.9 Å². The summed E-state index contributed by atoms with van der Waals surface area (Å²) in [5.41, 5.74) is -4.00. The van der Waals surface area contributed by atoms with Gasteiger partial charge in [-0.2, -0.15) is 17.6 Å². The number of hydrogen-bond donors (Lipinski definition) is 0. The van der Waals surface area contributed by atoms with Crippen LogP contribution < -0.4 is 14.2 Å². The fourth-order valence-electron chi connectivity index (χ4n) is 3.85. The topological polar surface area (TPSA) is 27.7 Å². The van der Waals surface area contributed by atoms with Crippen LogP contribution in [0, 0.1) is 36.0 Å². The van der Waals surface area contributed by atoms with E-state index in [4.69, 9.17) is 0 Å². The number of ether oxygens (including phenoxy) is 3. The van der Waals surface area contributed by atoms with Crippen molar-refractivity contribution in [3.8, 4) is 28.4 Å². The third kappa shape index (κ3) is 7.09. The Morgan fingerprint density at radius 2 is 1.02 bits per heavy atom. The second kappa shape index (κ2) is 11.3. The monoisotopic (exact) mass is 626 g/mol. The van der Waals surface area contributed by atoms with Crippen molar-refractivity contribution in [1.82, 2.24) is 0 Å². The Labute approximate surface area is 233 Å². The van der Waals surface area contributed by atoms with Gasteiger partial charge >= 0.3 is 18.6 Å². The number of hydrogen-bond acceptors (Lipinski definition) is 3. The van der Waals surface area contributed by atoms with Crippen molar-refractivity contribution in [2.24, 2.45) is 0 Å². The van der Waals surface area contributed by atoms with Crippen LogP contribution in [0.2, 0.25) is 0 Å². The van der Waals surface area contributed by atoms with Gasteiger partial charge in [0.25, 0.3) is 0 Å². The maximum atomic E-state index is 14.8. The largest absolute Gasteiger partial charge is 0.573 e. The first kappa shape index (κ1) is 31.4. The molecule has 4 aromatic rings. The molecular weight excluding hydrogens is 612 g/mol. The van der Waals surface area contributed by atoms with Gasteiger partial charge in [-0.25, -0.2) is 22.0 Å². The normalized spacial score (nSPS) is 12.3. The quantitative estimate of drug-likeness (QED) is 0.183. The van der Waals surface area contributed by atoms with E-state index in [1.165, 1.54) is 6.92 Å². The van der Waals surface area contributed by atoms with Gasteiger partial charge in [-0.3, -0.25) is 0 Å². The standard InChI is InChI=1S/C28H14F12O3/c1-13-8-21(32)25(22(33)9-13)27(36,37)42-17-11-19(30)24(20(31)12-17)14-2-4-15(5-3-14)26(34,35)41-16-6-7-23(18(29)10-16)43-28(38,39)40/h2-12H,1H3. The molecule has 0 atom stereocenters. The van der Waals surface area contributed by atoms with E-state index in [1.807, 2.05) is 0 Å². The summed E-state index contributed by atoms with van der Waals surface area (Å²) in [5.74, 6) is -11.4. The molecular formula is C28H14F12O3. The van der Waals surface area contributed by atoms with Crippen molar-refractivity contribution in [3.05, 3.63) is 113 Å². The van der Waals surface area contributed by atoms with Crippen molar-refractivity contribution in [2.45, 2.75) is 25.5 Å². The summed E-state index contributed by atoms with van der Waals surface area (Å²) in [4.78, 5) is 0. The predicted octanol–water partition coefficient (Wildman–Crippen LogP) is 9.51. The van der Waals surface area contributed by atoms with Crippen LogP contribution in [-0.4, -0.2) is 6.36 Å². The number of halogens is 12. The molecule has 0 unspecified atom stereocenters. The number of rotatable bonds is 8. The average molecular weight is 626 g/mol. The predicted molar refractivity (Wildman–Crippen MR) is 125 cm³/mol. The van der Waals surface area contributed by atoms with Crippen LogP contribution in [0.1, 0.15) is 16.7 Å². The highest BCUT2D eigenvalue weighted by molar-refractivity contribution is 5.66. The van der Waals surface area contributed by atoms with Crippen molar-refractivity contribution in [2.75, 3.05) is 0 Å². The van der Waals surface area contributed by atoms with E-state index in [0.717, 1.165) is 12.1 Å². The number of aryl methyl sites for hydroxylation is 1. The summed E-state index contributed by atoms with van der Waals surface area (Å²) in [6.07, 6.45) is -14.2. The summed E-state index contributed by atoms with van der Waals surface area (Å²) in [6.45, 7) is 1.24. The molecule has 0 amide bonds. The zero-order valence-corrected chi connectivity index (χ0v) is 21.1. The molecule has 43 heavy (non-hydrogen) atoms. The van der Waals surface area contributed by atoms with Crippen molar-refractivity contribution in [3.63, 3.8) is 0 Å². The summed E-state index contributed by atoms with van der Waals surface area (Å²) in [5, 5.41) is 0. The molecule has 0 radical (unpaired) electrons. The first-order chi connectivity index (χ1) is 19.9. The second-order valence-electron chi connectivity index (χ2n) is 8.82. The number of alkyl halides is 7. The SMILES string of the molecule is Cc1cc(F)c(C(F)(F)Oc2cc(F)c(-c3ccc(C(F)(F)Oc4ccc(OC(F)(F)F)c(F)c4)cc3)c(F)c2)c(F)c1. The van der Waals surface area contributed by atoms with E-state index in [1.54, 1.807) is 0 Å². The maximum absolute atomic E-state index is 14.8. The van der Waals surface area contributed by atoms with Gasteiger partial charge in [0.05, 0.1) is 11.1 Å². The Kier molecular flexibility index (Phi) is 8.22. The Bertz CT molecular complexity index is 1600. The molecule has 15 heteroatoms. The summed E-state index contributed by atoms with van der Waals surface area (Å²) in [6, 6.07) is 5.82. The molecule has 0 spiro atoms. The van der Waals surface area contributed by atoms with Crippen LogP contribution in [0.4, 0.5) is 52.7 Å². The van der Waals surface area contributed by atoms with Gasteiger partial charge in [0.15, 0.2) is 11.6 Å². The van der Waals surface area contributed by atoms with Crippen LogP contribution in [0.25, 0.3) is 11.1 Å². The van der Waals surface area contributed by atoms with Gasteiger partial charge in [0.1, 0.15) is 40.3 Å². The molecule has 0 heterocycles. The van der Waals surface area contributed by atoms with E-state index < -0.39 is 81.6 Å². The molecule has 3 nitrogen and oxygen atoms in total. The summed E-state index contributed by atoms with van der Waals surface area (Å²) in [7, 11) is 0. The lowest BCUT2D eigenvalue weighted by atomic mass is 10.0. The van der Waals surface area contributed by atoms with Crippen LogP contribution in [0.5, 0.6) is 17.2 Å². The van der Waals surface area contributed by atoms with Gasteiger partial charge in [0.2, 0.25) is 0 Å². The van der Waals surface area contributed by atoms with Crippen LogP contribution >= 0.6 is 0 Å². The minimum absolute atomic E-state index is 0.0196. The highest BCUT2D eigenvalue weighted by Gasteiger charge is 2.41. The first-order valence-corrected chi connectivity index (χ1v) is 11.6. The molecule has 0 aliphatic rings. The molecule has 4 rings (SSSR count). The number of benzene rings is 4. The fraction of sp³-hybridized carbons (Fsp3) is 0.143. The minimum Gasteiger partial charge on any atom is -0.429 e. The van der Waals surface area contributed by atoms with Gasteiger partial charge in [-0.05, 0) is 54.4 Å².